The maximum absolute atomic E-state index is 5.90. The van der Waals surface area contributed by atoms with Gasteiger partial charge in [0.1, 0.15) is 0 Å². The smallest absolute Gasteiger partial charge is 0.0354 e. The first-order valence-corrected chi connectivity index (χ1v) is 6.60. The van der Waals surface area contributed by atoms with Gasteiger partial charge in [0.15, 0.2) is 0 Å². The molecule has 2 rings (SSSR count). The largest absolute Gasteiger partial charge is 0.399 e. The molecule has 1 aliphatic heterocycles. The van der Waals surface area contributed by atoms with E-state index >= 15 is 0 Å². The van der Waals surface area contributed by atoms with Gasteiger partial charge in [-0.3, -0.25) is 4.90 Å². The number of anilines is 1. The lowest BCUT2D eigenvalue weighted by molar-refractivity contribution is 0.0509. The first kappa shape index (κ1) is 12.4. The van der Waals surface area contributed by atoms with Crippen molar-refractivity contribution < 1.29 is 0 Å². The summed E-state index contributed by atoms with van der Waals surface area (Å²) in [4.78, 5) is 2.62. The number of hydrogen-bond acceptors (Lipinski definition) is 2. The Morgan fingerprint density at radius 3 is 2.65 bits per heavy atom. The van der Waals surface area contributed by atoms with Crippen LogP contribution in [0.5, 0.6) is 0 Å². The molecule has 17 heavy (non-hydrogen) atoms. The molecule has 0 aromatic heterocycles. The molecular formula is C15H24N2. The van der Waals surface area contributed by atoms with Crippen molar-refractivity contribution in [3.63, 3.8) is 0 Å². The Balaban J connectivity index is 2.28. The van der Waals surface area contributed by atoms with Gasteiger partial charge in [-0.2, -0.15) is 0 Å². The lowest BCUT2D eigenvalue weighted by atomic mass is 9.90. The quantitative estimate of drug-likeness (QED) is 0.750. The summed E-state index contributed by atoms with van der Waals surface area (Å²) in [6.07, 6.45) is 3.89. The number of rotatable bonds is 1. The fourth-order valence-corrected chi connectivity index (χ4v) is 2.85. The Kier molecular flexibility index (Phi) is 3.43. The summed E-state index contributed by atoms with van der Waals surface area (Å²) in [5.74, 6) is 0. The summed E-state index contributed by atoms with van der Waals surface area (Å²) in [5.41, 5.74) is 8.38. The van der Waals surface area contributed by atoms with Crippen LogP contribution in [0, 0.1) is 0 Å². The molecule has 0 saturated carbocycles. The minimum absolute atomic E-state index is 0.232. The predicted octanol–water partition coefficient (Wildman–Crippen LogP) is 3.59. The lowest BCUT2D eigenvalue weighted by Crippen LogP contribution is -2.46. The molecule has 0 amide bonds. The van der Waals surface area contributed by atoms with Gasteiger partial charge in [-0.05, 0) is 57.9 Å². The average molecular weight is 232 g/mol. The van der Waals surface area contributed by atoms with E-state index in [2.05, 4.69) is 43.9 Å². The Labute approximate surface area is 105 Å². The van der Waals surface area contributed by atoms with Crippen LogP contribution >= 0.6 is 0 Å². The van der Waals surface area contributed by atoms with Gasteiger partial charge >= 0.3 is 0 Å². The van der Waals surface area contributed by atoms with E-state index in [1.54, 1.807) is 0 Å². The van der Waals surface area contributed by atoms with E-state index in [0.29, 0.717) is 6.04 Å². The van der Waals surface area contributed by atoms with E-state index in [1.807, 2.05) is 6.07 Å². The van der Waals surface area contributed by atoms with Crippen LogP contribution in [0.4, 0.5) is 5.69 Å². The lowest BCUT2D eigenvalue weighted by Gasteiger charge is -2.45. The first-order chi connectivity index (χ1) is 7.98. The third-order valence-corrected chi connectivity index (χ3v) is 3.66. The van der Waals surface area contributed by atoms with Crippen molar-refractivity contribution in [3.05, 3.63) is 29.8 Å². The number of hydrogen-bond donors (Lipinski definition) is 1. The molecule has 0 bridgehead atoms. The van der Waals surface area contributed by atoms with E-state index in [1.165, 1.54) is 31.4 Å². The van der Waals surface area contributed by atoms with Gasteiger partial charge in [0.25, 0.3) is 0 Å². The SMILES string of the molecule is CC(C)(C)N1CCCCC1c1cccc(N)c1. The van der Waals surface area contributed by atoms with E-state index in [0.717, 1.165) is 5.69 Å². The highest BCUT2D eigenvalue weighted by Crippen LogP contribution is 2.36. The average Bonchev–Trinajstić information content (AvgIpc) is 2.28. The molecule has 1 aromatic carbocycles. The summed E-state index contributed by atoms with van der Waals surface area (Å²) in [5, 5.41) is 0. The standard InChI is InChI=1S/C15H24N2/c1-15(2,3)17-10-5-4-9-14(17)12-7-6-8-13(16)11-12/h6-8,11,14H,4-5,9-10,16H2,1-3H3. The molecule has 2 nitrogen and oxygen atoms in total. The Bertz CT molecular complexity index is 379. The molecule has 0 spiro atoms. The second kappa shape index (κ2) is 4.69. The third kappa shape index (κ3) is 2.81. The molecule has 1 fully saturated rings. The molecule has 2 N–H and O–H groups in total. The molecule has 1 heterocycles. The summed E-state index contributed by atoms with van der Waals surface area (Å²) in [6, 6.07) is 8.92. The maximum Gasteiger partial charge on any atom is 0.0354 e. The highest BCUT2D eigenvalue weighted by Gasteiger charge is 2.31. The van der Waals surface area contributed by atoms with Crippen molar-refractivity contribution in [2.24, 2.45) is 0 Å². The highest BCUT2D eigenvalue weighted by atomic mass is 15.2. The second-order valence-electron chi connectivity index (χ2n) is 6.05. The molecule has 1 aromatic rings. The Hall–Kier alpha value is -1.02. The van der Waals surface area contributed by atoms with Gasteiger partial charge in [-0.15, -0.1) is 0 Å². The second-order valence-corrected chi connectivity index (χ2v) is 6.05. The highest BCUT2D eigenvalue weighted by molar-refractivity contribution is 5.41. The molecule has 2 heteroatoms. The summed E-state index contributed by atoms with van der Waals surface area (Å²) in [7, 11) is 0. The molecule has 1 aliphatic rings. The minimum atomic E-state index is 0.232. The molecule has 0 radical (unpaired) electrons. The Morgan fingerprint density at radius 2 is 2.00 bits per heavy atom. The minimum Gasteiger partial charge on any atom is -0.399 e. The molecular weight excluding hydrogens is 208 g/mol. The van der Waals surface area contributed by atoms with Gasteiger partial charge < -0.3 is 5.73 Å². The number of nitrogens with two attached hydrogens (primary N) is 1. The van der Waals surface area contributed by atoms with Gasteiger partial charge in [0.05, 0.1) is 0 Å². The zero-order chi connectivity index (χ0) is 12.5. The van der Waals surface area contributed by atoms with Crippen LogP contribution in [0.25, 0.3) is 0 Å². The van der Waals surface area contributed by atoms with Crippen LogP contribution in [0.15, 0.2) is 24.3 Å². The van der Waals surface area contributed by atoms with Gasteiger partial charge in [-0.25, -0.2) is 0 Å². The maximum atomic E-state index is 5.90. The van der Waals surface area contributed by atoms with Gasteiger partial charge in [0, 0.05) is 17.3 Å². The first-order valence-electron chi connectivity index (χ1n) is 6.60. The summed E-state index contributed by atoms with van der Waals surface area (Å²) in [6.45, 7) is 8.11. The number of nitrogen functional groups attached to an aromatic ring is 1. The van der Waals surface area contributed by atoms with Crippen molar-refractivity contribution in [1.82, 2.24) is 4.90 Å². The van der Waals surface area contributed by atoms with Crippen LogP contribution in [0.1, 0.15) is 51.6 Å². The van der Waals surface area contributed by atoms with Crippen LogP contribution in [-0.4, -0.2) is 17.0 Å². The molecule has 1 unspecified atom stereocenters. The number of nitrogens with zero attached hydrogens (tertiary/aromatic N) is 1. The van der Waals surface area contributed by atoms with E-state index in [9.17, 15) is 0 Å². The number of benzene rings is 1. The summed E-state index contributed by atoms with van der Waals surface area (Å²) < 4.78 is 0. The van der Waals surface area contributed by atoms with Gasteiger partial charge in [-0.1, -0.05) is 18.6 Å². The zero-order valence-electron chi connectivity index (χ0n) is 11.2. The number of likely N-dealkylation sites (tertiary alicyclic amines) is 1. The van der Waals surface area contributed by atoms with Crippen molar-refractivity contribution in [1.29, 1.82) is 0 Å². The monoisotopic (exact) mass is 232 g/mol. The van der Waals surface area contributed by atoms with E-state index < -0.39 is 0 Å². The van der Waals surface area contributed by atoms with Crippen LogP contribution in [0.2, 0.25) is 0 Å². The van der Waals surface area contributed by atoms with Crippen molar-refractivity contribution in [2.75, 3.05) is 12.3 Å². The topological polar surface area (TPSA) is 29.3 Å². The van der Waals surface area contributed by atoms with Crippen LogP contribution in [-0.2, 0) is 0 Å². The van der Waals surface area contributed by atoms with Crippen molar-refractivity contribution in [3.8, 4) is 0 Å². The zero-order valence-corrected chi connectivity index (χ0v) is 11.2. The molecule has 94 valence electrons. The molecule has 1 saturated heterocycles. The van der Waals surface area contributed by atoms with Gasteiger partial charge in [0.2, 0.25) is 0 Å². The van der Waals surface area contributed by atoms with Crippen molar-refractivity contribution in [2.45, 2.75) is 51.6 Å². The van der Waals surface area contributed by atoms with Crippen LogP contribution in [0.3, 0.4) is 0 Å². The van der Waals surface area contributed by atoms with Crippen molar-refractivity contribution >= 4 is 5.69 Å². The summed E-state index contributed by atoms with van der Waals surface area (Å²) >= 11 is 0. The van der Waals surface area contributed by atoms with Crippen LogP contribution < -0.4 is 5.73 Å². The predicted molar refractivity (Wildman–Crippen MR) is 73.9 cm³/mol. The number of piperidine rings is 1. The normalized spacial score (nSPS) is 22.6. The molecule has 1 atom stereocenters. The Morgan fingerprint density at radius 1 is 1.24 bits per heavy atom. The molecule has 0 aliphatic carbocycles. The van der Waals surface area contributed by atoms with E-state index in [4.69, 9.17) is 5.73 Å². The van der Waals surface area contributed by atoms with E-state index in [-0.39, 0.29) is 5.54 Å². The fraction of sp³-hybridized carbons (Fsp3) is 0.600. The fourth-order valence-electron chi connectivity index (χ4n) is 2.85. The third-order valence-electron chi connectivity index (χ3n) is 3.66.